The van der Waals surface area contributed by atoms with E-state index in [1.807, 2.05) is 0 Å². The van der Waals surface area contributed by atoms with Gasteiger partial charge in [-0.15, -0.1) is 0 Å². The van der Waals surface area contributed by atoms with Crippen LogP contribution in [-0.2, 0) is 9.53 Å². The van der Waals surface area contributed by atoms with Gasteiger partial charge in [0.15, 0.2) is 0 Å². The second-order valence-electron chi connectivity index (χ2n) is 5.39. The first kappa shape index (κ1) is 14.3. The van der Waals surface area contributed by atoms with Crippen molar-refractivity contribution in [1.29, 1.82) is 0 Å². The topological polar surface area (TPSA) is 29.5 Å². The van der Waals surface area contributed by atoms with Gasteiger partial charge in [-0.3, -0.25) is 4.79 Å². The number of carbonyl (C=O) groups excluding carboxylic acids is 1. The van der Waals surface area contributed by atoms with E-state index in [0.717, 1.165) is 31.3 Å². The van der Waals surface area contributed by atoms with Gasteiger partial charge in [0.1, 0.15) is 0 Å². The molecule has 0 aromatic heterocycles. The molecule has 18 heavy (non-hydrogen) atoms. The SMILES string of the molecule is O=C(CCC1CCCCO1)N(CCBr)C1CCC1. The summed E-state index contributed by atoms with van der Waals surface area (Å²) in [7, 11) is 0. The average molecular weight is 318 g/mol. The molecule has 0 aromatic carbocycles. The van der Waals surface area contributed by atoms with Crippen molar-refractivity contribution in [2.45, 2.75) is 63.5 Å². The van der Waals surface area contributed by atoms with Gasteiger partial charge in [0.2, 0.25) is 5.91 Å². The Balaban J connectivity index is 1.73. The highest BCUT2D eigenvalue weighted by Crippen LogP contribution is 2.26. The number of carbonyl (C=O) groups is 1. The minimum Gasteiger partial charge on any atom is -0.378 e. The van der Waals surface area contributed by atoms with Crippen LogP contribution in [-0.4, -0.2) is 41.4 Å². The fourth-order valence-corrected chi connectivity index (χ4v) is 3.15. The highest BCUT2D eigenvalue weighted by molar-refractivity contribution is 9.09. The van der Waals surface area contributed by atoms with Gasteiger partial charge >= 0.3 is 0 Å². The summed E-state index contributed by atoms with van der Waals surface area (Å²) in [4.78, 5) is 14.3. The maximum absolute atomic E-state index is 12.3. The zero-order valence-corrected chi connectivity index (χ0v) is 12.7. The van der Waals surface area contributed by atoms with Crippen molar-refractivity contribution < 1.29 is 9.53 Å². The van der Waals surface area contributed by atoms with Gasteiger partial charge in [0.25, 0.3) is 0 Å². The first-order chi connectivity index (χ1) is 8.81. The lowest BCUT2D eigenvalue weighted by Crippen LogP contribution is -2.45. The normalized spacial score (nSPS) is 24.6. The summed E-state index contributed by atoms with van der Waals surface area (Å²) < 4.78 is 5.69. The predicted molar refractivity (Wildman–Crippen MR) is 76.0 cm³/mol. The maximum Gasteiger partial charge on any atom is 0.222 e. The molecule has 1 aliphatic heterocycles. The smallest absolute Gasteiger partial charge is 0.222 e. The number of ether oxygens (including phenoxy) is 1. The van der Waals surface area contributed by atoms with Gasteiger partial charge < -0.3 is 9.64 Å². The first-order valence-electron chi connectivity index (χ1n) is 7.28. The minimum absolute atomic E-state index is 0.327. The number of amides is 1. The molecule has 0 bridgehead atoms. The largest absolute Gasteiger partial charge is 0.378 e. The number of hydrogen-bond acceptors (Lipinski definition) is 2. The van der Waals surface area contributed by atoms with Crippen molar-refractivity contribution in [3.8, 4) is 0 Å². The van der Waals surface area contributed by atoms with Crippen LogP contribution < -0.4 is 0 Å². The molecule has 104 valence electrons. The zero-order valence-electron chi connectivity index (χ0n) is 11.1. The Morgan fingerprint density at radius 1 is 1.22 bits per heavy atom. The van der Waals surface area contributed by atoms with E-state index in [1.54, 1.807) is 0 Å². The molecule has 0 spiro atoms. The fraction of sp³-hybridized carbons (Fsp3) is 0.929. The molecular weight excluding hydrogens is 294 g/mol. The van der Waals surface area contributed by atoms with E-state index in [2.05, 4.69) is 20.8 Å². The lowest BCUT2D eigenvalue weighted by atomic mass is 9.91. The van der Waals surface area contributed by atoms with Crippen LogP contribution in [0.3, 0.4) is 0 Å². The zero-order chi connectivity index (χ0) is 12.8. The molecule has 1 saturated carbocycles. The highest BCUT2D eigenvalue weighted by atomic mass is 79.9. The Hall–Kier alpha value is -0.0900. The number of alkyl halides is 1. The molecule has 1 saturated heterocycles. The van der Waals surface area contributed by atoms with E-state index in [4.69, 9.17) is 4.74 Å². The van der Waals surface area contributed by atoms with E-state index in [-0.39, 0.29) is 0 Å². The van der Waals surface area contributed by atoms with Crippen molar-refractivity contribution in [2.75, 3.05) is 18.5 Å². The number of rotatable bonds is 6. The lowest BCUT2D eigenvalue weighted by Gasteiger charge is -2.37. The van der Waals surface area contributed by atoms with E-state index in [9.17, 15) is 4.79 Å². The van der Waals surface area contributed by atoms with Crippen LogP contribution >= 0.6 is 15.9 Å². The van der Waals surface area contributed by atoms with E-state index in [1.165, 1.54) is 32.1 Å². The Morgan fingerprint density at radius 2 is 2.06 bits per heavy atom. The Labute approximate surface area is 118 Å². The summed E-state index contributed by atoms with van der Waals surface area (Å²) >= 11 is 3.45. The minimum atomic E-state index is 0.327. The van der Waals surface area contributed by atoms with Gasteiger partial charge in [-0.1, -0.05) is 15.9 Å². The standard InChI is InChI=1S/C14H24BrNO2/c15-9-10-16(12-4-3-5-12)14(17)8-7-13-6-1-2-11-18-13/h12-13H,1-11H2. The maximum atomic E-state index is 12.3. The van der Waals surface area contributed by atoms with Gasteiger partial charge in [0.05, 0.1) is 6.10 Å². The monoisotopic (exact) mass is 317 g/mol. The lowest BCUT2D eigenvalue weighted by molar-refractivity contribution is -0.135. The Bertz CT molecular complexity index is 263. The van der Waals surface area contributed by atoms with Gasteiger partial charge in [-0.2, -0.15) is 0 Å². The second-order valence-corrected chi connectivity index (χ2v) is 6.18. The Morgan fingerprint density at radius 3 is 2.61 bits per heavy atom. The molecule has 2 aliphatic rings. The van der Waals surface area contributed by atoms with Crippen LogP contribution in [0.4, 0.5) is 0 Å². The van der Waals surface area contributed by atoms with E-state index >= 15 is 0 Å². The van der Waals surface area contributed by atoms with Crippen LogP contribution in [0.25, 0.3) is 0 Å². The van der Waals surface area contributed by atoms with E-state index in [0.29, 0.717) is 24.5 Å². The fourth-order valence-electron chi connectivity index (χ4n) is 2.76. The predicted octanol–water partition coefficient (Wildman–Crippen LogP) is 3.11. The Kier molecular flexibility index (Phi) is 5.96. The molecule has 4 heteroatoms. The van der Waals surface area contributed by atoms with Crippen molar-refractivity contribution in [3.05, 3.63) is 0 Å². The molecule has 1 heterocycles. The average Bonchev–Trinajstić information content (AvgIpc) is 2.34. The third-order valence-corrected chi connectivity index (χ3v) is 4.47. The molecule has 0 radical (unpaired) electrons. The summed E-state index contributed by atoms with van der Waals surface area (Å²) in [6.45, 7) is 1.74. The molecule has 2 fully saturated rings. The van der Waals surface area contributed by atoms with Crippen molar-refractivity contribution >= 4 is 21.8 Å². The molecule has 1 atom stereocenters. The molecular formula is C14H24BrNO2. The summed E-state index contributed by atoms with van der Waals surface area (Å²) in [5, 5.41) is 0.884. The molecule has 0 N–H and O–H groups in total. The molecule has 3 nitrogen and oxygen atoms in total. The molecule has 1 aliphatic carbocycles. The molecule has 1 unspecified atom stereocenters. The summed E-state index contributed by atoms with van der Waals surface area (Å²) in [6.07, 6.45) is 9.14. The third kappa shape index (κ3) is 3.95. The summed E-state index contributed by atoms with van der Waals surface area (Å²) in [5.41, 5.74) is 0. The second kappa shape index (κ2) is 7.49. The number of nitrogens with zero attached hydrogens (tertiary/aromatic N) is 1. The van der Waals surface area contributed by atoms with Gasteiger partial charge in [-0.05, 0) is 44.9 Å². The first-order valence-corrected chi connectivity index (χ1v) is 8.40. The number of halogens is 1. The summed E-state index contributed by atoms with van der Waals surface area (Å²) in [5.74, 6) is 0.327. The van der Waals surface area contributed by atoms with Crippen LogP contribution in [0.2, 0.25) is 0 Å². The van der Waals surface area contributed by atoms with Crippen molar-refractivity contribution in [1.82, 2.24) is 4.90 Å². The molecule has 0 aromatic rings. The van der Waals surface area contributed by atoms with Crippen LogP contribution in [0, 0.1) is 0 Å². The molecule has 1 amide bonds. The van der Waals surface area contributed by atoms with Crippen LogP contribution in [0.1, 0.15) is 51.4 Å². The summed E-state index contributed by atoms with van der Waals surface area (Å²) in [6, 6.07) is 0.516. The number of hydrogen-bond donors (Lipinski definition) is 0. The quantitative estimate of drug-likeness (QED) is 0.704. The van der Waals surface area contributed by atoms with Crippen LogP contribution in [0.5, 0.6) is 0 Å². The van der Waals surface area contributed by atoms with Crippen molar-refractivity contribution in [2.24, 2.45) is 0 Å². The van der Waals surface area contributed by atoms with Gasteiger partial charge in [0, 0.05) is 30.9 Å². The highest BCUT2D eigenvalue weighted by Gasteiger charge is 2.28. The van der Waals surface area contributed by atoms with Crippen molar-refractivity contribution in [3.63, 3.8) is 0 Å². The van der Waals surface area contributed by atoms with Gasteiger partial charge in [-0.25, -0.2) is 0 Å². The van der Waals surface area contributed by atoms with Crippen LogP contribution in [0.15, 0.2) is 0 Å². The molecule has 2 rings (SSSR count). The van der Waals surface area contributed by atoms with E-state index < -0.39 is 0 Å². The third-order valence-electron chi connectivity index (χ3n) is 4.12.